The molecule has 0 amide bonds. The Bertz CT molecular complexity index is 673. The average Bonchev–Trinajstić information content (AvgIpc) is 2.36. The molecule has 0 saturated carbocycles. The smallest absolute Gasteiger partial charge is 0.0178 e. The summed E-state index contributed by atoms with van der Waals surface area (Å²) in [5, 5.41) is 4.96. The van der Waals surface area contributed by atoms with Gasteiger partial charge in [0.25, 0.3) is 0 Å². The van der Waals surface area contributed by atoms with Crippen molar-refractivity contribution in [3.8, 4) is 0 Å². The van der Waals surface area contributed by atoms with E-state index in [9.17, 15) is 0 Å². The Morgan fingerprint density at radius 3 is 2.06 bits per heavy atom. The Morgan fingerprint density at radius 1 is 0.941 bits per heavy atom. The van der Waals surface area contributed by atoms with Crippen LogP contribution < -0.4 is 10.4 Å². The van der Waals surface area contributed by atoms with Crippen molar-refractivity contribution >= 4 is 22.9 Å². The van der Waals surface area contributed by atoms with Crippen LogP contribution in [0.1, 0.15) is 6.92 Å². The van der Waals surface area contributed by atoms with E-state index >= 15 is 0 Å². The summed E-state index contributed by atoms with van der Waals surface area (Å²) in [6.45, 7) is 5.79. The fourth-order valence-electron chi connectivity index (χ4n) is 1.89. The molecule has 0 aliphatic carbocycles. The van der Waals surface area contributed by atoms with Gasteiger partial charge in [0, 0.05) is 0 Å². The van der Waals surface area contributed by atoms with Gasteiger partial charge in [-0.1, -0.05) is 61.2 Å². The van der Waals surface area contributed by atoms with Crippen molar-refractivity contribution in [1.29, 1.82) is 0 Å². The number of hydrogen-bond acceptors (Lipinski definition) is 0. The van der Waals surface area contributed by atoms with Gasteiger partial charge in [0.1, 0.15) is 0 Å². The number of rotatable bonds is 2. The lowest BCUT2D eigenvalue weighted by molar-refractivity contribution is 1.57. The lowest BCUT2D eigenvalue weighted by Crippen LogP contribution is -2.23. The Labute approximate surface area is 102 Å². The van der Waals surface area contributed by atoms with Crippen LogP contribution in [0.2, 0.25) is 0 Å². The fraction of sp³-hybridized carbons (Fsp3) is 0.0588. The molecule has 0 nitrogen and oxygen atoms in total. The molecule has 17 heavy (non-hydrogen) atoms. The number of allylic oxidation sites excluding steroid dienone is 3. The second-order valence-corrected chi connectivity index (χ2v) is 3.92. The maximum atomic E-state index is 3.77. The van der Waals surface area contributed by atoms with Crippen molar-refractivity contribution in [3.63, 3.8) is 0 Å². The molecule has 0 heterocycles. The molecule has 0 atom stereocenters. The first kappa shape index (κ1) is 11.4. The van der Waals surface area contributed by atoms with Crippen LogP contribution >= 0.6 is 0 Å². The van der Waals surface area contributed by atoms with E-state index in [4.69, 9.17) is 0 Å². The van der Waals surface area contributed by atoms with Crippen LogP contribution in [-0.2, 0) is 0 Å². The van der Waals surface area contributed by atoms with E-state index in [0.29, 0.717) is 0 Å². The first-order valence-corrected chi connectivity index (χ1v) is 5.79. The van der Waals surface area contributed by atoms with Gasteiger partial charge in [-0.3, -0.25) is 0 Å². The van der Waals surface area contributed by atoms with E-state index < -0.39 is 0 Å². The quantitative estimate of drug-likeness (QED) is 0.729. The molecular weight excluding hydrogens is 204 g/mol. The van der Waals surface area contributed by atoms with Crippen LogP contribution in [0.5, 0.6) is 0 Å². The molecular formula is C17H16. The van der Waals surface area contributed by atoms with E-state index in [0.717, 1.165) is 0 Å². The summed E-state index contributed by atoms with van der Waals surface area (Å²) < 4.78 is 0. The molecule has 0 aliphatic heterocycles. The molecule has 0 bridgehead atoms. The molecule has 0 unspecified atom stereocenters. The van der Waals surface area contributed by atoms with Gasteiger partial charge in [0.2, 0.25) is 0 Å². The van der Waals surface area contributed by atoms with Crippen molar-refractivity contribution in [2.24, 2.45) is 0 Å². The molecule has 0 saturated heterocycles. The summed E-state index contributed by atoms with van der Waals surface area (Å²) in [7, 11) is 0. The molecule has 0 heteroatoms. The van der Waals surface area contributed by atoms with Gasteiger partial charge in [0.15, 0.2) is 0 Å². The number of benzene rings is 2. The zero-order valence-corrected chi connectivity index (χ0v) is 10.1. The summed E-state index contributed by atoms with van der Waals surface area (Å²) in [4.78, 5) is 0. The summed E-state index contributed by atoms with van der Waals surface area (Å²) in [6.07, 6.45) is 10.1. The maximum Gasteiger partial charge on any atom is -0.0178 e. The highest BCUT2D eigenvalue weighted by Crippen LogP contribution is 2.08. The van der Waals surface area contributed by atoms with Crippen LogP contribution in [0, 0.1) is 0 Å². The van der Waals surface area contributed by atoms with Crippen LogP contribution in [0.4, 0.5) is 0 Å². The molecule has 0 radical (unpaired) electrons. The Kier molecular flexibility index (Phi) is 3.56. The highest BCUT2D eigenvalue weighted by atomic mass is 14.0. The van der Waals surface area contributed by atoms with Crippen LogP contribution in [0.15, 0.2) is 61.2 Å². The van der Waals surface area contributed by atoms with E-state index in [1.165, 1.54) is 21.2 Å². The highest BCUT2D eigenvalue weighted by Gasteiger charge is 1.92. The van der Waals surface area contributed by atoms with E-state index in [1.54, 1.807) is 0 Å². The predicted molar refractivity (Wildman–Crippen MR) is 77.1 cm³/mol. The van der Waals surface area contributed by atoms with Gasteiger partial charge in [-0.15, -0.1) is 0 Å². The summed E-state index contributed by atoms with van der Waals surface area (Å²) in [5.74, 6) is 0. The Hall–Kier alpha value is -2.08. The number of hydrogen-bond donors (Lipinski definition) is 0. The summed E-state index contributed by atoms with van der Waals surface area (Å²) in [5.41, 5.74) is 0. The average molecular weight is 220 g/mol. The van der Waals surface area contributed by atoms with Crippen molar-refractivity contribution < 1.29 is 0 Å². The minimum atomic E-state index is 1.21. The Morgan fingerprint density at radius 2 is 1.53 bits per heavy atom. The Balaban J connectivity index is 2.85. The highest BCUT2D eigenvalue weighted by molar-refractivity contribution is 5.83. The fourth-order valence-corrected chi connectivity index (χ4v) is 1.89. The zero-order chi connectivity index (χ0) is 12.1. The molecule has 2 aromatic carbocycles. The lowest BCUT2D eigenvalue weighted by Gasteiger charge is -1.98. The first-order chi connectivity index (χ1) is 8.35. The second kappa shape index (κ2) is 5.31. The van der Waals surface area contributed by atoms with Gasteiger partial charge in [-0.05, 0) is 40.3 Å². The molecule has 2 aromatic rings. The first-order valence-electron chi connectivity index (χ1n) is 5.79. The van der Waals surface area contributed by atoms with Crippen molar-refractivity contribution in [3.05, 3.63) is 71.6 Å². The third-order valence-electron chi connectivity index (χ3n) is 2.72. The lowest BCUT2D eigenvalue weighted by atomic mass is 10.1. The maximum absolute atomic E-state index is 3.77. The summed E-state index contributed by atoms with van der Waals surface area (Å²) in [6, 6.07) is 12.8. The van der Waals surface area contributed by atoms with Gasteiger partial charge in [0.05, 0.1) is 0 Å². The third-order valence-corrected chi connectivity index (χ3v) is 2.72. The van der Waals surface area contributed by atoms with E-state index in [-0.39, 0.29) is 0 Å². The van der Waals surface area contributed by atoms with Crippen molar-refractivity contribution in [2.45, 2.75) is 6.92 Å². The van der Waals surface area contributed by atoms with E-state index in [1.807, 2.05) is 25.2 Å². The number of fused-ring (bicyclic) bond motifs is 1. The topological polar surface area (TPSA) is 0 Å². The van der Waals surface area contributed by atoms with Crippen LogP contribution in [-0.4, -0.2) is 0 Å². The van der Waals surface area contributed by atoms with Crippen LogP contribution in [0.25, 0.3) is 22.9 Å². The predicted octanol–water partition coefficient (Wildman–Crippen LogP) is 3.16. The minimum absolute atomic E-state index is 1.21. The standard InChI is InChI=1S/C17H16/c1-3-5-9-15-13-17-11-7-6-10-16(17)12-14(15)8-4-2/h3-13H,2H2,1H3/b5-3-,14-8-,15-9-. The molecule has 0 fully saturated rings. The van der Waals surface area contributed by atoms with Gasteiger partial charge in [-0.25, -0.2) is 0 Å². The summed E-state index contributed by atoms with van der Waals surface area (Å²) >= 11 is 0. The largest absolute Gasteiger partial charge is 0.0990 e. The van der Waals surface area contributed by atoms with Gasteiger partial charge < -0.3 is 0 Å². The monoisotopic (exact) mass is 220 g/mol. The molecule has 0 spiro atoms. The van der Waals surface area contributed by atoms with Gasteiger partial charge in [-0.2, -0.15) is 0 Å². The minimum Gasteiger partial charge on any atom is -0.0990 e. The van der Waals surface area contributed by atoms with E-state index in [2.05, 4.69) is 55.1 Å². The molecule has 0 aliphatic rings. The second-order valence-electron chi connectivity index (χ2n) is 3.92. The molecule has 84 valence electrons. The third kappa shape index (κ3) is 2.54. The normalized spacial score (nSPS) is 13.7. The molecule has 0 aromatic heterocycles. The van der Waals surface area contributed by atoms with Crippen molar-refractivity contribution in [2.75, 3.05) is 0 Å². The molecule has 0 N–H and O–H groups in total. The SMILES string of the molecule is C=C/C=c1/cc2ccccc2c/c1=C/C=C\C. The molecule has 2 rings (SSSR count). The van der Waals surface area contributed by atoms with Gasteiger partial charge >= 0.3 is 0 Å². The van der Waals surface area contributed by atoms with Crippen LogP contribution in [0.3, 0.4) is 0 Å². The van der Waals surface area contributed by atoms with Crippen molar-refractivity contribution in [1.82, 2.24) is 0 Å². The zero-order valence-electron chi connectivity index (χ0n) is 10.1.